The number of hydrogen-bond donors (Lipinski definition) is 1. The van der Waals surface area contributed by atoms with Crippen LogP contribution in [-0.4, -0.2) is 52.1 Å². The predicted octanol–water partition coefficient (Wildman–Crippen LogP) is 6.56. The van der Waals surface area contributed by atoms with Gasteiger partial charge >= 0.3 is 6.09 Å². The lowest BCUT2D eigenvalue weighted by molar-refractivity contribution is -0.121. The number of nitrogens with zero attached hydrogens (tertiary/aromatic N) is 3. The van der Waals surface area contributed by atoms with E-state index in [0.717, 1.165) is 40.9 Å². The molecule has 39 heavy (non-hydrogen) atoms. The third-order valence-electron chi connectivity index (χ3n) is 7.46. The first-order valence-corrected chi connectivity index (χ1v) is 13.0. The minimum absolute atomic E-state index is 0.120. The minimum Gasteiger partial charge on any atom is -0.466 e. The number of halogens is 2. The number of aromatic nitrogens is 1. The smallest absolute Gasteiger partial charge is 0.408 e. The van der Waals surface area contributed by atoms with Gasteiger partial charge in [0.2, 0.25) is 5.88 Å². The fourth-order valence-corrected chi connectivity index (χ4v) is 5.73. The van der Waals surface area contributed by atoms with E-state index in [9.17, 15) is 23.5 Å². The number of carboxylic acid groups (broad SMARTS) is 1. The summed E-state index contributed by atoms with van der Waals surface area (Å²) in [6, 6.07) is 18.8. The summed E-state index contributed by atoms with van der Waals surface area (Å²) in [7, 11) is 0. The predicted molar refractivity (Wildman–Crippen MR) is 144 cm³/mol. The van der Waals surface area contributed by atoms with Crippen LogP contribution in [0.3, 0.4) is 0 Å². The molecule has 2 aliphatic rings. The maximum absolute atomic E-state index is 13.3. The van der Waals surface area contributed by atoms with Gasteiger partial charge in [-0.05, 0) is 57.2 Å². The average Bonchev–Trinajstić information content (AvgIpc) is 2.86. The van der Waals surface area contributed by atoms with E-state index in [0.29, 0.717) is 11.3 Å². The van der Waals surface area contributed by atoms with Crippen molar-refractivity contribution in [3.05, 3.63) is 66.2 Å². The van der Waals surface area contributed by atoms with E-state index in [2.05, 4.69) is 0 Å². The van der Waals surface area contributed by atoms with Crippen molar-refractivity contribution in [3.8, 4) is 28.3 Å². The van der Waals surface area contributed by atoms with Crippen LogP contribution >= 0.6 is 0 Å². The summed E-state index contributed by atoms with van der Waals surface area (Å²) < 4.78 is 32.2. The lowest BCUT2D eigenvalue weighted by atomic mass is 9.69. The summed E-state index contributed by atoms with van der Waals surface area (Å²) in [5.41, 5.74) is 2.75. The topological polar surface area (TPSA) is 83.0 Å². The number of benzene rings is 2. The fraction of sp³-hybridized carbons (Fsp3) is 0.367. The van der Waals surface area contributed by atoms with Gasteiger partial charge in [0, 0.05) is 16.7 Å². The second-order valence-corrected chi connectivity index (χ2v) is 11.0. The minimum atomic E-state index is -2.70. The number of pyridine rings is 1. The maximum atomic E-state index is 13.3. The van der Waals surface area contributed by atoms with E-state index >= 15 is 0 Å². The molecule has 204 valence electrons. The maximum Gasteiger partial charge on any atom is 0.408 e. The average molecular weight is 536 g/mol. The highest BCUT2D eigenvalue weighted by molar-refractivity contribution is 5.99. The Morgan fingerprint density at radius 3 is 2.31 bits per heavy atom. The van der Waals surface area contributed by atoms with Gasteiger partial charge in [0.05, 0.1) is 17.8 Å². The molecule has 0 saturated heterocycles. The lowest BCUT2D eigenvalue weighted by Crippen LogP contribution is -2.60. The molecule has 0 bridgehead atoms. The van der Waals surface area contributed by atoms with Gasteiger partial charge in [-0.25, -0.2) is 18.6 Å². The highest BCUT2D eigenvalue weighted by atomic mass is 19.3. The highest BCUT2D eigenvalue weighted by Crippen LogP contribution is 2.50. The van der Waals surface area contributed by atoms with E-state index < -0.39 is 36.0 Å². The van der Waals surface area contributed by atoms with E-state index in [-0.39, 0.29) is 18.2 Å². The molecule has 3 aromatic rings. The van der Waals surface area contributed by atoms with E-state index in [4.69, 9.17) is 9.72 Å². The monoisotopic (exact) mass is 535 g/mol. The quantitative estimate of drug-likeness (QED) is 0.386. The number of alkyl halides is 2. The molecule has 2 heterocycles. The molecule has 7 nitrogen and oxygen atoms in total. The molecule has 0 atom stereocenters. The Hall–Kier alpha value is -4.01. The molecule has 0 spiro atoms. The molecule has 2 aromatic carbocycles. The summed E-state index contributed by atoms with van der Waals surface area (Å²) in [5, 5.41) is 10.1. The standard InChI is InChI=1S/C30H31F2N3O4/c1-29(2,3)35(28(37)38)30(14-7-15-30)21-12-10-20(11-13-21)26-22(19-8-5-4-6-9-19)16-23-27(33-26)39-18-25(36)34(23)17-24(31)32/h4-6,8-13,16,24H,7,14-15,17-18H2,1-3H3,(H,37,38). The molecule has 1 aliphatic heterocycles. The summed E-state index contributed by atoms with van der Waals surface area (Å²) in [6.45, 7) is 4.60. The molecule has 1 fully saturated rings. The summed E-state index contributed by atoms with van der Waals surface area (Å²) in [4.78, 5) is 32.1. The molecular formula is C30H31F2N3O4. The molecule has 1 aromatic heterocycles. The Bertz CT molecular complexity index is 1380. The zero-order chi connectivity index (χ0) is 27.9. The zero-order valence-corrected chi connectivity index (χ0v) is 22.2. The first kappa shape index (κ1) is 26.6. The molecular weight excluding hydrogens is 504 g/mol. The van der Waals surface area contributed by atoms with Crippen LogP contribution in [0.4, 0.5) is 19.3 Å². The highest BCUT2D eigenvalue weighted by Gasteiger charge is 2.50. The Balaban J connectivity index is 1.61. The van der Waals surface area contributed by atoms with Crippen LogP contribution in [0.5, 0.6) is 5.88 Å². The van der Waals surface area contributed by atoms with Gasteiger partial charge in [0.1, 0.15) is 5.69 Å². The number of rotatable bonds is 6. The van der Waals surface area contributed by atoms with E-state index in [1.165, 1.54) is 0 Å². The number of fused-ring (bicyclic) bond motifs is 1. The number of amides is 2. The number of anilines is 1. The van der Waals surface area contributed by atoms with Crippen LogP contribution in [0, 0.1) is 0 Å². The van der Waals surface area contributed by atoms with Crippen molar-refractivity contribution in [2.75, 3.05) is 18.1 Å². The van der Waals surface area contributed by atoms with E-state index in [1.54, 1.807) is 11.0 Å². The second kappa shape index (κ2) is 9.94. The first-order chi connectivity index (χ1) is 18.5. The Kier molecular flexibility index (Phi) is 6.78. The fourth-order valence-electron chi connectivity index (χ4n) is 5.73. The normalized spacial score (nSPS) is 16.4. The van der Waals surface area contributed by atoms with Crippen LogP contribution in [0.2, 0.25) is 0 Å². The van der Waals surface area contributed by atoms with Crippen LogP contribution in [0.15, 0.2) is 60.7 Å². The Labute approximate surface area is 226 Å². The molecule has 1 aliphatic carbocycles. The Morgan fingerprint density at radius 1 is 1.10 bits per heavy atom. The molecule has 2 amide bonds. The number of ether oxygens (including phenoxy) is 1. The van der Waals surface area contributed by atoms with Crippen molar-refractivity contribution < 1.29 is 28.2 Å². The van der Waals surface area contributed by atoms with Gasteiger partial charge in [-0.1, -0.05) is 54.6 Å². The summed E-state index contributed by atoms with van der Waals surface area (Å²) in [6.07, 6.45) is -1.23. The molecule has 1 saturated carbocycles. The van der Waals surface area contributed by atoms with E-state index in [1.807, 2.05) is 75.4 Å². The number of carbonyl (C=O) groups excluding carboxylic acids is 1. The van der Waals surface area contributed by atoms with Crippen LogP contribution < -0.4 is 9.64 Å². The first-order valence-electron chi connectivity index (χ1n) is 13.0. The van der Waals surface area contributed by atoms with Crippen molar-refractivity contribution in [1.29, 1.82) is 0 Å². The van der Waals surface area contributed by atoms with Crippen molar-refractivity contribution in [3.63, 3.8) is 0 Å². The van der Waals surface area contributed by atoms with Gasteiger partial charge < -0.3 is 9.84 Å². The summed E-state index contributed by atoms with van der Waals surface area (Å²) >= 11 is 0. The van der Waals surface area contributed by atoms with Gasteiger partial charge in [0.15, 0.2) is 6.61 Å². The van der Waals surface area contributed by atoms with Gasteiger partial charge in [0.25, 0.3) is 12.3 Å². The van der Waals surface area contributed by atoms with Gasteiger partial charge in [-0.15, -0.1) is 0 Å². The number of hydrogen-bond acceptors (Lipinski definition) is 4. The number of carbonyl (C=O) groups is 2. The molecule has 0 radical (unpaired) electrons. The molecule has 5 rings (SSSR count). The third-order valence-corrected chi connectivity index (χ3v) is 7.46. The molecule has 9 heteroatoms. The lowest BCUT2D eigenvalue weighted by Gasteiger charge is -2.54. The summed E-state index contributed by atoms with van der Waals surface area (Å²) in [5.74, 6) is -0.428. The van der Waals surface area contributed by atoms with Crippen LogP contribution in [-0.2, 0) is 10.3 Å². The zero-order valence-electron chi connectivity index (χ0n) is 22.2. The van der Waals surface area contributed by atoms with Gasteiger partial charge in [-0.2, -0.15) is 0 Å². The third kappa shape index (κ3) is 4.82. The van der Waals surface area contributed by atoms with Crippen molar-refractivity contribution in [2.45, 2.75) is 57.5 Å². The van der Waals surface area contributed by atoms with Crippen LogP contribution in [0.1, 0.15) is 45.6 Å². The van der Waals surface area contributed by atoms with Crippen molar-refractivity contribution in [1.82, 2.24) is 9.88 Å². The largest absolute Gasteiger partial charge is 0.466 e. The SMILES string of the molecule is CC(C)(C)N(C(=O)O)C1(c2ccc(-c3nc4c(cc3-c3ccccc3)N(CC(F)F)C(=O)CO4)cc2)CCC1. The second-order valence-electron chi connectivity index (χ2n) is 11.0. The van der Waals surface area contributed by atoms with Crippen molar-refractivity contribution >= 4 is 17.7 Å². The molecule has 0 unspecified atom stereocenters. The van der Waals surface area contributed by atoms with Crippen molar-refractivity contribution in [2.24, 2.45) is 0 Å². The van der Waals surface area contributed by atoms with Gasteiger partial charge in [-0.3, -0.25) is 14.6 Å². The van der Waals surface area contributed by atoms with Crippen LogP contribution in [0.25, 0.3) is 22.4 Å². The molecule has 1 N–H and O–H groups in total. The Morgan fingerprint density at radius 2 is 1.77 bits per heavy atom.